The number of nitrogens with two attached hydrogens (primary N) is 1. The fourth-order valence-corrected chi connectivity index (χ4v) is 3.46. The van der Waals surface area contributed by atoms with Crippen molar-refractivity contribution in [1.82, 2.24) is 30.9 Å². The summed E-state index contributed by atoms with van der Waals surface area (Å²) in [6, 6.07) is 3.92. The van der Waals surface area contributed by atoms with Crippen molar-refractivity contribution >= 4 is 34.6 Å². The number of fused-ring (bicyclic) bond motifs is 1. The van der Waals surface area contributed by atoms with Gasteiger partial charge in [-0.3, -0.25) is 14.4 Å². The van der Waals surface area contributed by atoms with Crippen molar-refractivity contribution in [3.8, 4) is 0 Å². The predicted molar refractivity (Wildman–Crippen MR) is 124 cm³/mol. The van der Waals surface area contributed by atoms with Gasteiger partial charge in [-0.15, -0.1) is 0 Å². The minimum atomic E-state index is -1.50. The monoisotopic (exact) mass is 485 g/mol. The molecular weight excluding hydrogens is 458 g/mol. The van der Waals surface area contributed by atoms with E-state index in [0.717, 1.165) is 16.5 Å². The second-order valence-electron chi connectivity index (χ2n) is 7.87. The average molecular weight is 486 g/mol. The van der Waals surface area contributed by atoms with Crippen LogP contribution in [0.15, 0.2) is 43.0 Å². The van der Waals surface area contributed by atoms with Crippen LogP contribution in [-0.4, -0.2) is 80.1 Å². The molecule has 0 saturated heterocycles. The number of H-pyrrole nitrogens is 2. The van der Waals surface area contributed by atoms with Gasteiger partial charge in [0.15, 0.2) is 0 Å². The van der Waals surface area contributed by atoms with Crippen LogP contribution >= 0.6 is 0 Å². The van der Waals surface area contributed by atoms with Gasteiger partial charge in [-0.2, -0.15) is 0 Å². The summed E-state index contributed by atoms with van der Waals surface area (Å²) in [5.41, 5.74) is 8.27. The predicted octanol–water partition coefficient (Wildman–Crippen LogP) is -1.83. The first-order valence-electron chi connectivity index (χ1n) is 10.8. The second-order valence-corrected chi connectivity index (χ2v) is 7.87. The number of para-hydroxylation sites is 1. The molecule has 13 heteroatoms. The fourth-order valence-electron chi connectivity index (χ4n) is 3.46. The molecule has 3 aromatic rings. The standard InChI is InChI=1S/C22H27N7O6/c23-15(6-13-8-24-11-27-13)20(32)29-17(5-12-7-25-16-4-2-1-3-14(12)16)21(33)26-9-19(31)28-18(10-30)22(34)35/h1-4,7-8,11,15,17-18,25,30H,5-6,9-10,23H2,(H,24,27)(H,26,33)(H,28,31)(H,29,32)(H,34,35). The molecule has 0 aliphatic heterocycles. The number of carbonyl (C=O) groups excluding carboxylic acids is 3. The normalized spacial score (nSPS) is 13.5. The van der Waals surface area contributed by atoms with Gasteiger partial charge in [-0.1, -0.05) is 18.2 Å². The number of amides is 3. The Balaban J connectivity index is 1.69. The molecule has 2 heterocycles. The Bertz CT molecular complexity index is 1180. The summed E-state index contributed by atoms with van der Waals surface area (Å²) in [4.78, 5) is 58.5. The number of benzene rings is 1. The number of hydrogen-bond donors (Lipinski definition) is 8. The number of nitrogens with zero attached hydrogens (tertiary/aromatic N) is 1. The Hall–Kier alpha value is -4.23. The van der Waals surface area contributed by atoms with E-state index in [9.17, 15) is 19.2 Å². The molecule has 0 bridgehead atoms. The number of aromatic amines is 2. The number of nitrogens with one attached hydrogen (secondary N) is 5. The molecule has 13 nitrogen and oxygen atoms in total. The van der Waals surface area contributed by atoms with E-state index >= 15 is 0 Å². The van der Waals surface area contributed by atoms with E-state index in [1.165, 1.54) is 6.33 Å². The lowest BCUT2D eigenvalue weighted by Crippen LogP contribution is -2.54. The maximum Gasteiger partial charge on any atom is 0.328 e. The second kappa shape index (κ2) is 11.8. The first-order chi connectivity index (χ1) is 16.8. The third-order valence-corrected chi connectivity index (χ3v) is 5.30. The molecule has 0 saturated carbocycles. The van der Waals surface area contributed by atoms with Gasteiger partial charge in [0.1, 0.15) is 12.1 Å². The number of hydrogen-bond acceptors (Lipinski definition) is 7. The Morgan fingerprint density at radius 3 is 2.49 bits per heavy atom. The van der Waals surface area contributed by atoms with Gasteiger partial charge in [0.25, 0.3) is 0 Å². The van der Waals surface area contributed by atoms with Crippen molar-refractivity contribution in [3.05, 3.63) is 54.2 Å². The van der Waals surface area contributed by atoms with E-state index in [2.05, 4.69) is 30.9 Å². The summed E-state index contributed by atoms with van der Waals surface area (Å²) in [7, 11) is 0. The molecule has 3 amide bonds. The van der Waals surface area contributed by atoms with Gasteiger partial charge in [0.05, 0.1) is 25.5 Å². The number of aliphatic carboxylic acids is 1. The molecule has 0 radical (unpaired) electrons. The number of carbonyl (C=O) groups is 4. The highest BCUT2D eigenvalue weighted by Crippen LogP contribution is 2.19. The SMILES string of the molecule is NC(Cc1cnc[nH]1)C(=O)NC(Cc1c[nH]c2ccccc12)C(=O)NCC(=O)NC(CO)C(=O)O. The van der Waals surface area contributed by atoms with Crippen LogP contribution in [0.4, 0.5) is 0 Å². The van der Waals surface area contributed by atoms with Crippen LogP contribution in [-0.2, 0) is 32.0 Å². The number of aromatic nitrogens is 3. The van der Waals surface area contributed by atoms with Crippen LogP contribution in [0.25, 0.3) is 10.9 Å². The van der Waals surface area contributed by atoms with E-state index in [1.54, 1.807) is 12.4 Å². The van der Waals surface area contributed by atoms with Gasteiger partial charge >= 0.3 is 5.97 Å². The molecule has 3 rings (SSSR count). The molecule has 1 aromatic carbocycles. The molecule has 35 heavy (non-hydrogen) atoms. The van der Waals surface area contributed by atoms with E-state index in [0.29, 0.717) is 5.69 Å². The highest BCUT2D eigenvalue weighted by molar-refractivity contribution is 5.93. The fraction of sp³-hybridized carbons (Fsp3) is 0.318. The van der Waals surface area contributed by atoms with Crippen molar-refractivity contribution in [1.29, 1.82) is 0 Å². The van der Waals surface area contributed by atoms with Gasteiger partial charge in [-0.25, -0.2) is 9.78 Å². The molecule has 0 spiro atoms. The quantitative estimate of drug-likeness (QED) is 0.146. The Labute approximate surface area is 199 Å². The Kier molecular flexibility index (Phi) is 8.53. The number of carboxylic acid groups (broad SMARTS) is 1. The van der Waals surface area contributed by atoms with Crippen LogP contribution in [0.2, 0.25) is 0 Å². The summed E-state index contributed by atoms with van der Waals surface area (Å²) in [6.07, 6.45) is 5.01. The van der Waals surface area contributed by atoms with E-state index in [1.807, 2.05) is 24.3 Å². The first kappa shape index (κ1) is 25.4. The molecule has 0 fully saturated rings. The topological polar surface area (TPSA) is 215 Å². The number of rotatable bonds is 12. The van der Waals surface area contributed by atoms with Crippen molar-refractivity contribution < 1.29 is 29.4 Å². The van der Waals surface area contributed by atoms with E-state index in [4.69, 9.17) is 15.9 Å². The summed E-state index contributed by atoms with van der Waals surface area (Å²) in [5.74, 6) is -3.46. The van der Waals surface area contributed by atoms with Crippen LogP contribution in [0.5, 0.6) is 0 Å². The van der Waals surface area contributed by atoms with Gasteiger partial charge in [0.2, 0.25) is 17.7 Å². The van der Waals surface area contributed by atoms with Crippen molar-refractivity contribution in [2.75, 3.05) is 13.2 Å². The molecule has 3 atom stereocenters. The van der Waals surface area contributed by atoms with Gasteiger partial charge in [0, 0.05) is 41.8 Å². The Morgan fingerprint density at radius 1 is 1.03 bits per heavy atom. The summed E-state index contributed by atoms with van der Waals surface area (Å²) in [6.45, 7) is -1.36. The third-order valence-electron chi connectivity index (χ3n) is 5.30. The Morgan fingerprint density at radius 2 is 1.80 bits per heavy atom. The lowest BCUT2D eigenvalue weighted by molar-refractivity contribution is -0.142. The highest BCUT2D eigenvalue weighted by atomic mass is 16.4. The number of aliphatic hydroxyl groups excluding tert-OH is 1. The zero-order valence-electron chi connectivity index (χ0n) is 18.7. The number of carboxylic acids is 1. The van der Waals surface area contributed by atoms with Crippen molar-refractivity contribution in [3.63, 3.8) is 0 Å². The van der Waals surface area contributed by atoms with Crippen molar-refractivity contribution in [2.24, 2.45) is 5.73 Å². The van der Waals surface area contributed by atoms with E-state index < -0.39 is 55.0 Å². The zero-order valence-corrected chi connectivity index (χ0v) is 18.7. The summed E-state index contributed by atoms with van der Waals surface area (Å²) < 4.78 is 0. The molecule has 3 unspecified atom stereocenters. The highest BCUT2D eigenvalue weighted by Gasteiger charge is 2.26. The molecule has 186 valence electrons. The largest absolute Gasteiger partial charge is 0.480 e. The van der Waals surface area contributed by atoms with Crippen LogP contribution in [0, 0.1) is 0 Å². The number of aliphatic hydroxyl groups is 1. The van der Waals surface area contributed by atoms with Crippen LogP contribution in [0.3, 0.4) is 0 Å². The molecule has 2 aromatic heterocycles. The maximum atomic E-state index is 12.9. The lowest BCUT2D eigenvalue weighted by atomic mass is 10.0. The lowest BCUT2D eigenvalue weighted by Gasteiger charge is -2.21. The maximum absolute atomic E-state index is 12.9. The first-order valence-corrected chi connectivity index (χ1v) is 10.8. The van der Waals surface area contributed by atoms with Crippen LogP contribution < -0.4 is 21.7 Å². The van der Waals surface area contributed by atoms with Crippen LogP contribution in [0.1, 0.15) is 11.3 Å². The molecule has 0 aliphatic carbocycles. The minimum Gasteiger partial charge on any atom is -0.480 e. The van der Waals surface area contributed by atoms with Gasteiger partial charge in [-0.05, 0) is 11.6 Å². The van der Waals surface area contributed by atoms with E-state index in [-0.39, 0.29) is 12.8 Å². The molecular formula is C22H27N7O6. The summed E-state index contributed by atoms with van der Waals surface area (Å²) >= 11 is 0. The molecule has 0 aliphatic rings. The van der Waals surface area contributed by atoms with Crippen molar-refractivity contribution in [2.45, 2.75) is 31.0 Å². The number of imidazole rings is 1. The zero-order chi connectivity index (χ0) is 25.4. The third kappa shape index (κ3) is 6.88. The summed E-state index contributed by atoms with van der Waals surface area (Å²) in [5, 5.41) is 25.9. The molecule has 9 N–H and O–H groups in total. The van der Waals surface area contributed by atoms with Gasteiger partial charge < -0.3 is 41.9 Å². The smallest absolute Gasteiger partial charge is 0.328 e. The average Bonchev–Trinajstić information content (AvgIpc) is 3.50. The minimum absolute atomic E-state index is 0.106.